The molecule has 0 aliphatic rings. The highest BCUT2D eigenvalue weighted by Gasteiger charge is 2.29. The lowest BCUT2D eigenvalue weighted by Gasteiger charge is -2.21. The summed E-state index contributed by atoms with van der Waals surface area (Å²) in [5, 5.41) is 20.6. The van der Waals surface area contributed by atoms with Crippen LogP contribution < -0.4 is 0 Å². The molecule has 0 aliphatic carbocycles. The molecule has 0 heterocycles. The van der Waals surface area contributed by atoms with Gasteiger partial charge in [0.2, 0.25) is 0 Å². The first-order valence-corrected chi connectivity index (χ1v) is 41.5. The summed E-state index contributed by atoms with van der Waals surface area (Å²) in [5.41, 5.74) is 0. The Kier molecular flexibility index (Phi) is 70.2. The van der Waals surface area contributed by atoms with Crippen LogP contribution in [0.25, 0.3) is 0 Å². The molecule has 0 radical (unpaired) electrons. The summed E-state index contributed by atoms with van der Waals surface area (Å²) in [7, 11) is -9.80. The molecule has 0 aromatic carbocycles. The molecule has 5 atom stereocenters. The van der Waals surface area contributed by atoms with E-state index in [1.165, 1.54) is 83.5 Å². The Morgan fingerprint density at radius 2 is 0.535 bits per heavy atom. The SMILES string of the molecule is CC/C=C\C/C=C\C/C=C\C/C=C\C/C=C\C/C=C\CCCCCCCCCCC(=O)OCC(O)COP(=O)(O)OCC(O)COP(=O)(O)OCC(COC(=O)CCCCCCC/C=C\C/C=C\C/C=C\C/C=C\C/C=C\CC)OC(=O)CCCCCCCCCCCCCCCCC. The molecule has 0 saturated heterocycles. The van der Waals surface area contributed by atoms with E-state index in [0.717, 1.165) is 161 Å². The Hall–Kier alpha value is -4.31. The lowest BCUT2D eigenvalue weighted by molar-refractivity contribution is -0.161. The molecule has 0 bridgehead atoms. The number of esters is 3. The maximum atomic E-state index is 13.0. The molecular formula is C81H138O16P2. The normalized spacial score (nSPS) is 14.8. The van der Waals surface area contributed by atoms with Crippen LogP contribution in [0.3, 0.4) is 0 Å². The largest absolute Gasteiger partial charge is 0.472 e. The van der Waals surface area contributed by atoms with Crippen LogP contribution in [0.1, 0.15) is 303 Å². The number of unbranched alkanes of at least 4 members (excludes halogenated alkanes) is 27. The Morgan fingerprint density at radius 3 is 0.848 bits per heavy atom. The number of phosphoric acid groups is 2. The Morgan fingerprint density at radius 1 is 0.293 bits per heavy atom. The molecule has 0 rings (SSSR count). The van der Waals surface area contributed by atoms with Crippen molar-refractivity contribution < 1.29 is 75.8 Å². The van der Waals surface area contributed by atoms with E-state index in [9.17, 15) is 43.5 Å². The number of phosphoric ester groups is 2. The summed E-state index contributed by atoms with van der Waals surface area (Å²) in [5.74, 6) is -1.60. The minimum Gasteiger partial charge on any atom is -0.463 e. The highest BCUT2D eigenvalue weighted by molar-refractivity contribution is 7.47. The number of carbonyl (C=O) groups excluding carboxylic acids is 3. The summed E-state index contributed by atoms with van der Waals surface area (Å²) in [6, 6.07) is 0. The second-order valence-electron chi connectivity index (χ2n) is 25.4. The van der Waals surface area contributed by atoms with Gasteiger partial charge in [0.05, 0.1) is 26.4 Å². The number of carbonyl (C=O) groups is 3. The number of ether oxygens (including phenoxy) is 3. The summed E-state index contributed by atoms with van der Waals surface area (Å²) < 4.78 is 61.1. The fourth-order valence-electron chi connectivity index (χ4n) is 10.1. The molecule has 0 saturated carbocycles. The van der Waals surface area contributed by atoms with Crippen LogP contribution in [-0.2, 0) is 55.8 Å². The minimum atomic E-state index is -4.93. The molecule has 568 valence electrons. The molecule has 0 aromatic rings. The van der Waals surface area contributed by atoms with Gasteiger partial charge in [-0.15, -0.1) is 0 Å². The predicted molar refractivity (Wildman–Crippen MR) is 408 cm³/mol. The van der Waals surface area contributed by atoms with Crippen LogP contribution in [0.2, 0.25) is 0 Å². The molecule has 99 heavy (non-hydrogen) atoms. The standard InChI is InChI=1S/C81H138O16P2/c1-4-7-10-13-16-19-22-25-28-30-32-34-35-36-37-38-39-41-43-44-47-49-52-55-58-61-64-67-79(84)91-70-76(82)71-93-98(87,88)94-72-77(83)73-95-99(89,90)96-75-78(97-81(86)69-66-63-60-57-54-51-46-27-24-21-18-15-12-9-6-3)74-92-80(85)68-65-62-59-56-53-50-48-45-42-40-33-31-29-26-23-20-17-14-11-8-5-2/h7-8,10-11,16-17,19-20,25-26,28-29,32-34,36-37,39-41,45,48,76-78,82-83H,4-6,9,12-15,18,21-24,27,30-31,35,38,42-44,46-47,49-75H2,1-3H3,(H,87,88)(H,89,90)/b10-7-,11-8-,19-16-,20-17-,28-25-,29-26-,34-32-,37-36-,40-33-,41-39-,48-45-. The fraction of sp³-hybridized carbons (Fsp3) is 0.691. The third-order valence-corrected chi connectivity index (χ3v) is 17.8. The lowest BCUT2D eigenvalue weighted by atomic mass is 10.0. The number of hydrogen-bond donors (Lipinski definition) is 4. The Bertz CT molecular complexity index is 2330. The molecular weight excluding hydrogens is 1290 g/mol. The number of hydrogen-bond acceptors (Lipinski definition) is 14. The molecule has 5 unspecified atom stereocenters. The van der Waals surface area contributed by atoms with E-state index in [-0.39, 0.29) is 19.3 Å². The zero-order valence-corrected chi connectivity index (χ0v) is 63.7. The number of rotatable bonds is 72. The van der Waals surface area contributed by atoms with Crippen molar-refractivity contribution in [1.82, 2.24) is 0 Å². The highest BCUT2D eigenvalue weighted by atomic mass is 31.2. The monoisotopic (exact) mass is 1430 g/mol. The average molecular weight is 1430 g/mol. The van der Waals surface area contributed by atoms with E-state index in [2.05, 4.69) is 154 Å². The summed E-state index contributed by atoms with van der Waals surface area (Å²) in [4.78, 5) is 58.6. The van der Waals surface area contributed by atoms with Gasteiger partial charge in [0.15, 0.2) is 6.10 Å². The number of aliphatic hydroxyl groups excluding tert-OH is 2. The first kappa shape index (κ1) is 94.7. The van der Waals surface area contributed by atoms with Crippen LogP contribution in [-0.4, -0.2) is 95.9 Å². The smallest absolute Gasteiger partial charge is 0.463 e. The van der Waals surface area contributed by atoms with Gasteiger partial charge in [0, 0.05) is 19.3 Å². The van der Waals surface area contributed by atoms with Gasteiger partial charge in [-0.1, -0.05) is 302 Å². The molecule has 0 amide bonds. The van der Waals surface area contributed by atoms with Crippen molar-refractivity contribution >= 4 is 33.6 Å². The van der Waals surface area contributed by atoms with Gasteiger partial charge in [-0.2, -0.15) is 0 Å². The van der Waals surface area contributed by atoms with Crippen molar-refractivity contribution in [2.45, 2.75) is 322 Å². The lowest BCUT2D eigenvalue weighted by Crippen LogP contribution is -2.30. The zero-order chi connectivity index (χ0) is 72.3. The van der Waals surface area contributed by atoms with Crippen LogP contribution in [0.5, 0.6) is 0 Å². The van der Waals surface area contributed by atoms with Crippen molar-refractivity contribution in [1.29, 1.82) is 0 Å². The Balaban J connectivity index is 4.60. The van der Waals surface area contributed by atoms with Gasteiger partial charge in [0.1, 0.15) is 25.4 Å². The first-order chi connectivity index (χ1) is 48.2. The second kappa shape index (κ2) is 73.4. The van der Waals surface area contributed by atoms with Crippen molar-refractivity contribution in [2.75, 3.05) is 39.6 Å². The van der Waals surface area contributed by atoms with Crippen molar-refractivity contribution in [3.05, 3.63) is 134 Å². The van der Waals surface area contributed by atoms with E-state index in [1.54, 1.807) is 0 Å². The summed E-state index contributed by atoms with van der Waals surface area (Å²) in [6.07, 6.45) is 87.7. The van der Waals surface area contributed by atoms with Crippen LogP contribution in [0.4, 0.5) is 0 Å². The Labute approximate surface area is 601 Å². The van der Waals surface area contributed by atoms with E-state index in [4.69, 9.17) is 32.3 Å². The van der Waals surface area contributed by atoms with Crippen molar-refractivity contribution in [3.63, 3.8) is 0 Å². The van der Waals surface area contributed by atoms with Gasteiger partial charge in [-0.25, -0.2) is 9.13 Å². The molecule has 0 aromatic heterocycles. The van der Waals surface area contributed by atoms with E-state index in [0.29, 0.717) is 19.3 Å². The van der Waals surface area contributed by atoms with Crippen LogP contribution in [0, 0.1) is 0 Å². The summed E-state index contributed by atoms with van der Waals surface area (Å²) >= 11 is 0. The molecule has 16 nitrogen and oxygen atoms in total. The average Bonchev–Trinajstić information content (AvgIpc) is 1.44. The zero-order valence-electron chi connectivity index (χ0n) is 61.9. The van der Waals surface area contributed by atoms with E-state index >= 15 is 0 Å². The summed E-state index contributed by atoms with van der Waals surface area (Å²) in [6.45, 7) is 2.44. The first-order valence-electron chi connectivity index (χ1n) is 38.5. The van der Waals surface area contributed by atoms with Gasteiger partial charge in [0.25, 0.3) is 0 Å². The van der Waals surface area contributed by atoms with Crippen LogP contribution >= 0.6 is 15.6 Å². The maximum Gasteiger partial charge on any atom is 0.472 e. The number of allylic oxidation sites excluding steroid dienone is 22. The fourth-order valence-corrected chi connectivity index (χ4v) is 11.7. The van der Waals surface area contributed by atoms with Crippen molar-refractivity contribution in [3.8, 4) is 0 Å². The third-order valence-electron chi connectivity index (χ3n) is 15.9. The van der Waals surface area contributed by atoms with E-state index in [1.807, 2.05) is 0 Å². The van der Waals surface area contributed by atoms with Gasteiger partial charge >= 0.3 is 33.6 Å². The number of aliphatic hydroxyl groups is 2. The van der Waals surface area contributed by atoms with Crippen LogP contribution in [0.15, 0.2) is 134 Å². The van der Waals surface area contributed by atoms with E-state index < -0.39 is 91.5 Å². The molecule has 0 aliphatic heterocycles. The van der Waals surface area contributed by atoms with Crippen molar-refractivity contribution in [2.24, 2.45) is 0 Å². The predicted octanol–water partition coefficient (Wildman–Crippen LogP) is 22.3. The minimum absolute atomic E-state index is 0.101. The third kappa shape index (κ3) is 74.7. The second-order valence-corrected chi connectivity index (χ2v) is 28.3. The van der Waals surface area contributed by atoms with Gasteiger partial charge < -0.3 is 34.2 Å². The maximum absolute atomic E-state index is 13.0. The molecule has 18 heteroatoms. The molecule has 0 fully saturated rings. The quantitative estimate of drug-likeness (QED) is 0.0146. The molecule has 0 spiro atoms. The highest BCUT2D eigenvalue weighted by Crippen LogP contribution is 2.45. The topological polar surface area (TPSA) is 231 Å². The van der Waals surface area contributed by atoms with Gasteiger partial charge in [-0.05, 0) is 116 Å². The van der Waals surface area contributed by atoms with Gasteiger partial charge in [-0.3, -0.25) is 32.5 Å². The molecule has 4 N–H and O–H groups in total.